The van der Waals surface area contributed by atoms with E-state index in [1.54, 1.807) is 6.07 Å². The number of fused-ring (bicyclic) bond motifs is 1. The molecule has 0 saturated heterocycles. The summed E-state index contributed by atoms with van der Waals surface area (Å²) in [6.45, 7) is 0.555. The van der Waals surface area contributed by atoms with Gasteiger partial charge in [-0.1, -0.05) is 11.6 Å². The highest BCUT2D eigenvalue weighted by Gasteiger charge is 2.14. The molecule has 0 aromatic carbocycles. The van der Waals surface area contributed by atoms with Crippen LogP contribution in [0.3, 0.4) is 0 Å². The van der Waals surface area contributed by atoms with Gasteiger partial charge in [0.25, 0.3) is 11.5 Å². The Labute approximate surface area is 145 Å². The van der Waals surface area contributed by atoms with Gasteiger partial charge >= 0.3 is 5.69 Å². The second-order valence-corrected chi connectivity index (χ2v) is 6.39. The van der Waals surface area contributed by atoms with Crippen LogP contribution in [0.15, 0.2) is 33.4 Å². The molecule has 3 rings (SSSR count). The predicted molar refractivity (Wildman–Crippen MR) is 95.7 cm³/mol. The van der Waals surface area contributed by atoms with Gasteiger partial charge in [0, 0.05) is 20.6 Å². The first-order valence-corrected chi connectivity index (χ1v) is 8.52. The van der Waals surface area contributed by atoms with E-state index in [0.717, 1.165) is 23.8 Å². The molecule has 25 heavy (non-hydrogen) atoms. The van der Waals surface area contributed by atoms with Crippen molar-refractivity contribution in [2.24, 2.45) is 14.1 Å². The third kappa shape index (κ3) is 3.40. The molecular weight excluding hydrogens is 320 g/mol. The van der Waals surface area contributed by atoms with Crippen molar-refractivity contribution in [2.45, 2.75) is 32.1 Å². The molecule has 0 unspecified atom stereocenters. The minimum Gasteiger partial charge on any atom is -0.350 e. The summed E-state index contributed by atoms with van der Waals surface area (Å²) >= 11 is 0. The fourth-order valence-corrected chi connectivity index (χ4v) is 3.14. The van der Waals surface area contributed by atoms with Gasteiger partial charge in [-0.25, -0.2) is 9.78 Å². The number of amides is 1. The predicted octanol–water partition coefficient (Wildman–Crippen LogP) is 1.25. The van der Waals surface area contributed by atoms with Crippen molar-refractivity contribution in [1.29, 1.82) is 0 Å². The number of nitrogens with zero attached hydrogens (tertiary/aromatic N) is 3. The lowest BCUT2D eigenvalue weighted by Crippen LogP contribution is -2.37. The van der Waals surface area contributed by atoms with Gasteiger partial charge in [0.05, 0.1) is 5.39 Å². The van der Waals surface area contributed by atoms with Crippen molar-refractivity contribution in [3.63, 3.8) is 0 Å². The fraction of sp³-hybridized carbons (Fsp3) is 0.444. The second-order valence-electron chi connectivity index (χ2n) is 6.39. The third-order valence-electron chi connectivity index (χ3n) is 4.65. The number of hydrogen-bond acceptors (Lipinski definition) is 4. The van der Waals surface area contributed by atoms with E-state index in [2.05, 4.69) is 16.4 Å². The van der Waals surface area contributed by atoms with Crippen molar-refractivity contribution in [2.75, 3.05) is 6.54 Å². The fourth-order valence-electron chi connectivity index (χ4n) is 3.14. The van der Waals surface area contributed by atoms with Crippen LogP contribution in [0.1, 0.15) is 42.6 Å². The molecule has 0 spiro atoms. The monoisotopic (exact) mass is 342 g/mol. The van der Waals surface area contributed by atoms with E-state index < -0.39 is 11.2 Å². The molecule has 2 heterocycles. The van der Waals surface area contributed by atoms with Crippen LogP contribution in [0.25, 0.3) is 11.0 Å². The van der Waals surface area contributed by atoms with Gasteiger partial charge in [-0.05, 0) is 44.2 Å². The molecule has 0 bridgehead atoms. The number of aryl methyl sites for hydroxylation is 1. The molecule has 2 aromatic rings. The van der Waals surface area contributed by atoms with Crippen LogP contribution in [0.4, 0.5) is 0 Å². The van der Waals surface area contributed by atoms with Gasteiger partial charge in [0.2, 0.25) is 0 Å². The van der Waals surface area contributed by atoms with Crippen LogP contribution in [0.5, 0.6) is 0 Å². The van der Waals surface area contributed by atoms with Gasteiger partial charge in [0.15, 0.2) is 0 Å². The van der Waals surface area contributed by atoms with Crippen LogP contribution in [0.2, 0.25) is 0 Å². The number of hydrogen-bond donors (Lipinski definition) is 1. The summed E-state index contributed by atoms with van der Waals surface area (Å²) in [6, 6.07) is 3.06. The molecule has 1 aliphatic carbocycles. The molecular formula is C18H22N4O3. The molecule has 2 aromatic heterocycles. The summed E-state index contributed by atoms with van der Waals surface area (Å²) in [6.07, 6.45) is 7.80. The normalized spacial score (nSPS) is 14.4. The Morgan fingerprint density at radius 3 is 2.72 bits per heavy atom. The second kappa shape index (κ2) is 7.04. The highest BCUT2D eigenvalue weighted by Crippen LogP contribution is 2.19. The summed E-state index contributed by atoms with van der Waals surface area (Å²) in [5.74, 6) is -0.300. The third-order valence-corrected chi connectivity index (χ3v) is 4.65. The van der Waals surface area contributed by atoms with Crippen molar-refractivity contribution >= 4 is 16.9 Å². The lowest BCUT2D eigenvalue weighted by molar-refractivity contribution is 0.0949. The van der Waals surface area contributed by atoms with Crippen molar-refractivity contribution < 1.29 is 4.79 Å². The quantitative estimate of drug-likeness (QED) is 0.848. The number of nitrogens with one attached hydrogen (secondary N) is 1. The summed E-state index contributed by atoms with van der Waals surface area (Å²) in [5, 5.41) is 3.17. The maximum absolute atomic E-state index is 12.3. The Hall–Kier alpha value is -2.70. The van der Waals surface area contributed by atoms with E-state index in [1.807, 2.05) is 0 Å². The molecule has 0 atom stereocenters. The van der Waals surface area contributed by atoms with E-state index >= 15 is 0 Å². The average Bonchev–Trinajstić information content (AvgIpc) is 2.65. The maximum atomic E-state index is 12.3. The summed E-state index contributed by atoms with van der Waals surface area (Å²) in [7, 11) is 2.96. The average molecular weight is 342 g/mol. The number of pyridine rings is 1. The van der Waals surface area contributed by atoms with E-state index in [9.17, 15) is 14.4 Å². The van der Waals surface area contributed by atoms with Crippen LogP contribution in [-0.4, -0.2) is 26.6 Å². The van der Waals surface area contributed by atoms with E-state index in [1.165, 1.54) is 43.1 Å². The topological polar surface area (TPSA) is 86.0 Å². The molecule has 0 radical (unpaired) electrons. The SMILES string of the molecule is Cn1c(=O)c2ccc(C(=O)NCCC3=CCCCC3)nc2n(C)c1=O. The smallest absolute Gasteiger partial charge is 0.332 e. The molecule has 132 valence electrons. The molecule has 0 saturated carbocycles. The van der Waals surface area contributed by atoms with E-state index in [-0.39, 0.29) is 17.2 Å². The van der Waals surface area contributed by atoms with Crippen LogP contribution in [-0.2, 0) is 14.1 Å². The van der Waals surface area contributed by atoms with Gasteiger partial charge in [-0.2, -0.15) is 0 Å². The first-order valence-electron chi connectivity index (χ1n) is 8.52. The summed E-state index contributed by atoms with van der Waals surface area (Å²) in [4.78, 5) is 40.7. The van der Waals surface area contributed by atoms with Gasteiger partial charge in [-0.15, -0.1) is 0 Å². The highest BCUT2D eigenvalue weighted by atomic mass is 16.2. The number of aromatic nitrogens is 3. The lowest BCUT2D eigenvalue weighted by Gasteiger charge is -2.13. The van der Waals surface area contributed by atoms with E-state index in [0.29, 0.717) is 11.9 Å². The zero-order valence-corrected chi connectivity index (χ0v) is 14.5. The zero-order chi connectivity index (χ0) is 18.0. The maximum Gasteiger partial charge on any atom is 0.332 e. The van der Waals surface area contributed by atoms with Gasteiger partial charge in [-0.3, -0.25) is 18.7 Å². The van der Waals surface area contributed by atoms with Crippen molar-refractivity contribution in [1.82, 2.24) is 19.4 Å². The Balaban J connectivity index is 1.79. The first-order chi connectivity index (χ1) is 12.0. The minimum atomic E-state index is -0.466. The minimum absolute atomic E-state index is 0.202. The molecule has 1 amide bonds. The van der Waals surface area contributed by atoms with Crippen molar-refractivity contribution in [3.05, 3.63) is 50.3 Å². The largest absolute Gasteiger partial charge is 0.350 e. The number of allylic oxidation sites excluding steroid dienone is 1. The van der Waals surface area contributed by atoms with Crippen molar-refractivity contribution in [3.8, 4) is 0 Å². The zero-order valence-electron chi connectivity index (χ0n) is 14.5. The number of carbonyl (C=O) groups excluding carboxylic acids is 1. The summed E-state index contributed by atoms with van der Waals surface area (Å²) < 4.78 is 2.31. The molecule has 1 aliphatic rings. The Morgan fingerprint density at radius 1 is 1.20 bits per heavy atom. The Morgan fingerprint density at radius 2 is 2.00 bits per heavy atom. The number of carbonyl (C=O) groups is 1. The number of rotatable bonds is 4. The Bertz CT molecular complexity index is 969. The van der Waals surface area contributed by atoms with Gasteiger partial charge < -0.3 is 5.32 Å². The molecule has 7 heteroatoms. The molecule has 1 N–H and O–H groups in total. The first kappa shape index (κ1) is 17.1. The Kier molecular flexibility index (Phi) is 4.83. The highest BCUT2D eigenvalue weighted by molar-refractivity contribution is 5.94. The molecule has 0 aliphatic heterocycles. The molecule has 7 nitrogen and oxygen atoms in total. The van der Waals surface area contributed by atoms with Crippen LogP contribution < -0.4 is 16.6 Å². The molecule has 0 fully saturated rings. The van der Waals surface area contributed by atoms with Gasteiger partial charge in [0.1, 0.15) is 11.3 Å². The summed E-state index contributed by atoms with van der Waals surface area (Å²) in [5.41, 5.74) is 0.932. The lowest BCUT2D eigenvalue weighted by atomic mass is 9.97. The van der Waals surface area contributed by atoms with E-state index in [4.69, 9.17) is 0 Å². The van der Waals surface area contributed by atoms with Crippen LogP contribution >= 0.6 is 0 Å². The standard InChI is InChI=1S/C18H22N4O3/c1-21-15-13(17(24)22(2)18(21)25)8-9-14(20-15)16(23)19-11-10-12-6-4-3-5-7-12/h6,8-9H,3-5,7,10-11H2,1-2H3,(H,19,23). The van der Waals surface area contributed by atoms with Crippen LogP contribution in [0, 0.1) is 0 Å².